The predicted molar refractivity (Wildman–Crippen MR) is 94.0 cm³/mol. The molecule has 1 atom stereocenters. The molecule has 0 aliphatic heterocycles. The summed E-state index contributed by atoms with van der Waals surface area (Å²) in [7, 11) is -2.54. The van der Waals surface area contributed by atoms with E-state index in [-0.39, 0.29) is 17.5 Å². The Balaban J connectivity index is 2.04. The van der Waals surface area contributed by atoms with Gasteiger partial charge in [0.05, 0.1) is 17.5 Å². The van der Waals surface area contributed by atoms with Gasteiger partial charge in [-0.2, -0.15) is 4.31 Å². The van der Waals surface area contributed by atoms with Crippen LogP contribution in [0.2, 0.25) is 0 Å². The van der Waals surface area contributed by atoms with E-state index in [2.05, 4.69) is 5.32 Å². The first-order valence-electron chi connectivity index (χ1n) is 7.78. The Kier molecular flexibility index (Phi) is 5.92. The Labute approximate surface area is 147 Å². The molecule has 0 radical (unpaired) electrons. The van der Waals surface area contributed by atoms with Crippen LogP contribution < -0.4 is 5.32 Å². The maximum Gasteiger partial charge on any atom is 0.243 e. The zero-order chi connectivity index (χ0) is 18.6. The zero-order valence-electron chi connectivity index (χ0n) is 14.4. The van der Waals surface area contributed by atoms with E-state index in [4.69, 9.17) is 0 Å². The Hall–Kier alpha value is -2.25. The van der Waals surface area contributed by atoms with Gasteiger partial charge in [0, 0.05) is 7.05 Å². The number of benzene rings is 2. The number of rotatable bonds is 6. The molecule has 5 nitrogen and oxygen atoms in total. The molecule has 0 fully saturated rings. The molecule has 2 aromatic carbocycles. The van der Waals surface area contributed by atoms with Crippen molar-refractivity contribution in [2.24, 2.45) is 0 Å². The molecule has 0 heterocycles. The lowest BCUT2D eigenvalue weighted by Gasteiger charge is -2.20. The highest BCUT2D eigenvalue weighted by Gasteiger charge is 2.23. The van der Waals surface area contributed by atoms with Gasteiger partial charge in [-0.25, -0.2) is 12.8 Å². The minimum absolute atomic E-state index is 0.0591. The topological polar surface area (TPSA) is 66.5 Å². The fraction of sp³-hybridized carbons (Fsp3) is 0.278. The first-order chi connectivity index (χ1) is 11.7. The van der Waals surface area contributed by atoms with Crippen molar-refractivity contribution in [3.05, 3.63) is 65.5 Å². The second kappa shape index (κ2) is 7.76. The van der Waals surface area contributed by atoms with Gasteiger partial charge in [-0.15, -0.1) is 0 Å². The number of likely N-dealkylation sites (N-methyl/N-ethyl adjacent to an activating group) is 1. The summed E-state index contributed by atoms with van der Waals surface area (Å²) in [6.07, 6.45) is 0. The second-order valence-corrected chi connectivity index (χ2v) is 7.91. The van der Waals surface area contributed by atoms with Crippen LogP contribution in [0.4, 0.5) is 4.39 Å². The Morgan fingerprint density at radius 2 is 1.76 bits per heavy atom. The Morgan fingerprint density at radius 1 is 1.16 bits per heavy atom. The van der Waals surface area contributed by atoms with E-state index < -0.39 is 21.7 Å². The fourth-order valence-corrected chi connectivity index (χ4v) is 3.64. The molecule has 1 amide bonds. The van der Waals surface area contributed by atoms with Crippen LogP contribution in [-0.2, 0) is 14.8 Å². The maximum absolute atomic E-state index is 13.0. The summed E-state index contributed by atoms with van der Waals surface area (Å²) in [5, 5.41) is 2.80. The van der Waals surface area contributed by atoms with Crippen molar-refractivity contribution in [3.63, 3.8) is 0 Å². The van der Waals surface area contributed by atoms with Gasteiger partial charge in [-0.1, -0.05) is 24.3 Å². The lowest BCUT2D eigenvalue weighted by molar-refractivity contribution is -0.121. The smallest absolute Gasteiger partial charge is 0.243 e. The minimum atomic E-state index is -3.85. The lowest BCUT2D eigenvalue weighted by atomic mass is 10.0. The SMILES string of the molecule is Cc1ccccc1C(C)NC(=O)CN(C)S(=O)(=O)c1ccc(F)cc1. The summed E-state index contributed by atoms with van der Waals surface area (Å²) in [6.45, 7) is 3.47. The average molecular weight is 364 g/mol. The molecule has 2 aromatic rings. The molecule has 0 saturated carbocycles. The van der Waals surface area contributed by atoms with Gasteiger partial charge >= 0.3 is 0 Å². The molecule has 0 bridgehead atoms. The summed E-state index contributed by atoms with van der Waals surface area (Å²) >= 11 is 0. The molecule has 134 valence electrons. The third-order valence-corrected chi connectivity index (χ3v) is 5.74. The van der Waals surface area contributed by atoms with Crippen molar-refractivity contribution in [1.82, 2.24) is 9.62 Å². The molecule has 0 saturated heterocycles. The van der Waals surface area contributed by atoms with E-state index in [1.54, 1.807) is 0 Å². The Morgan fingerprint density at radius 3 is 2.36 bits per heavy atom. The van der Waals surface area contributed by atoms with Gasteiger partial charge in [0.1, 0.15) is 5.82 Å². The highest BCUT2D eigenvalue weighted by molar-refractivity contribution is 7.89. The van der Waals surface area contributed by atoms with E-state index in [0.717, 1.165) is 27.6 Å². The number of hydrogen-bond acceptors (Lipinski definition) is 3. The van der Waals surface area contributed by atoms with E-state index in [1.165, 1.54) is 19.2 Å². The molecule has 0 aromatic heterocycles. The molecule has 7 heteroatoms. The third-order valence-electron chi connectivity index (χ3n) is 3.92. The number of carbonyl (C=O) groups excluding carboxylic acids is 1. The van der Waals surface area contributed by atoms with E-state index in [0.29, 0.717) is 0 Å². The summed E-state index contributed by atoms with van der Waals surface area (Å²) in [6, 6.07) is 11.9. The number of carbonyl (C=O) groups is 1. The quantitative estimate of drug-likeness (QED) is 0.857. The highest BCUT2D eigenvalue weighted by atomic mass is 32.2. The van der Waals surface area contributed by atoms with Crippen molar-refractivity contribution in [3.8, 4) is 0 Å². The number of nitrogens with one attached hydrogen (secondary N) is 1. The first-order valence-corrected chi connectivity index (χ1v) is 9.22. The van der Waals surface area contributed by atoms with Crippen LogP contribution in [0, 0.1) is 12.7 Å². The molecule has 0 aliphatic rings. The number of halogens is 1. The average Bonchev–Trinajstić information content (AvgIpc) is 2.55. The fourth-order valence-electron chi connectivity index (χ4n) is 2.51. The standard InChI is InChI=1S/C18H21FN2O3S/c1-13-6-4-5-7-17(13)14(2)20-18(22)12-21(3)25(23,24)16-10-8-15(19)9-11-16/h4-11,14H,12H2,1-3H3,(H,20,22). The molecule has 0 aliphatic carbocycles. The third kappa shape index (κ3) is 4.64. The van der Waals surface area contributed by atoms with Crippen molar-refractivity contribution in [2.45, 2.75) is 24.8 Å². The van der Waals surface area contributed by atoms with Gasteiger partial charge in [0.25, 0.3) is 0 Å². The molecular formula is C18H21FN2O3S. The van der Waals surface area contributed by atoms with Crippen LogP contribution >= 0.6 is 0 Å². The van der Waals surface area contributed by atoms with Gasteiger partial charge < -0.3 is 5.32 Å². The van der Waals surface area contributed by atoms with Crippen molar-refractivity contribution in [2.75, 3.05) is 13.6 Å². The summed E-state index contributed by atoms with van der Waals surface area (Å²) < 4.78 is 38.7. The molecule has 25 heavy (non-hydrogen) atoms. The largest absolute Gasteiger partial charge is 0.348 e. The zero-order valence-corrected chi connectivity index (χ0v) is 15.2. The van der Waals surface area contributed by atoms with Crippen LogP contribution in [0.5, 0.6) is 0 Å². The predicted octanol–water partition coefficient (Wildman–Crippen LogP) is 2.63. The second-order valence-electron chi connectivity index (χ2n) is 5.86. The minimum Gasteiger partial charge on any atom is -0.348 e. The first kappa shape index (κ1) is 19.1. The van der Waals surface area contributed by atoms with Crippen molar-refractivity contribution in [1.29, 1.82) is 0 Å². The number of nitrogens with zero attached hydrogens (tertiary/aromatic N) is 1. The number of aryl methyl sites for hydroxylation is 1. The van der Waals surface area contributed by atoms with Gasteiger partial charge in [-0.3, -0.25) is 4.79 Å². The normalized spacial score (nSPS) is 12.8. The van der Waals surface area contributed by atoms with Gasteiger partial charge in [0.2, 0.25) is 15.9 Å². The molecule has 2 rings (SSSR count). The molecule has 1 unspecified atom stereocenters. The number of hydrogen-bond donors (Lipinski definition) is 1. The Bertz CT molecular complexity index is 851. The molecular weight excluding hydrogens is 343 g/mol. The number of amides is 1. The summed E-state index contributed by atoms with van der Waals surface area (Å²) in [5.41, 5.74) is 2.02. The van der Waals surface area contributed by atoms with Crippen molar-refractivity contribution >= 4 is 15.9 Å². The van der Waals surface area contributed by atoms with E-state index >= 15 is 0 Å². The lowest BCUT2D eigenvalue weighted by Crippen LogP contribution is -2.39. The van der Waals surface area contributed by atoms with E-state index in [9.17, 15) is 17.6 Å². The summed E-state index contributed by atoms with van der Waals surface area (Å²) in [5.74, 6) is -0.935. The van der Waals surface area contributed by atoms with Crippen LogP contribution in [0.3, 0.4) is 0 Å². The van der Waals surface area contributed by atoms with Crippen LogP contribution in [0.1, 0.15) is 24.1 Å². The van der Waals surface area contributed by atoms with E-state index in [1.807, 2.05) is 38.1 Å². The number of sulfonamides is 1. The van der Waals surface area contributed by atoms with Gasteiger partial charge in [-0.05, 0) is 49.2 Å². The van der Waals surface area contributed by atoms with Crippen LogP contribution in [0.15, 0.2) is 53.4 Å². The van der Waals surface area contributed by atoms with Crippen LogP contribution in [-0.4, -0.2) is 32.2 Å². The summed E-state index contributed by atoms with van der Waals surface area (Å²) in [4.78, 5) is 12.1. The molecule has 1 N–H and O–H groups in total. The monoisotopic (exact) mass is 364 g/mol. The van der Waals surface area contributed by atoms with Crippen LogP contribution in [0.25, 0.3) is 0 Å². The molecule has 0 spiro atoms. The van der Waals surface area contributed by atoms with Crippen molar-refractivity contribution < 1.29 is 17.6 Å². The van der Waals surface area contributed by atoms with Gasteiger partial charge in [0.15, 0.2) is 0 Å². The maximum atomic E-state index is 13.0. The highest BCUT2D eigenvalue weighted by Crippen LogP contribution is 2.17.